The van der Waals surface area contributed by atoms with Crippen LogP contribution in [0.2, 0.25) is 6.82 Å². The highest BCUT2D eigenvalue weighted by atomic mass is 16.2. The zero-order chi connectivity index (χ0) is 29.3. The maximum atomic E-state index is 12.0. The van der Waals surface area contributed by atoms with Crippen molar-refractivity contribution in [2.24, 2.45) is 0 Å². The Morgan fingerprint density at radius 1 is 0.829 bits per heavy atom. The molecule has 2 N–H and O–H groups in total. The number of rotatable bonds is 3. The first-order valence-electron chi connectivity index (χ1n) is 15.3. The summed E-state index contributed by atoms with van der Waals surface area (Å²) in [6, 6.07) is 9.00. The smallest absolute Gasteiger partial charge is 0.376 e. The molecule has 2 aromatic rings. The highest BCUT2D eigenvalue weighted by Crippen LogP contribution is 2.36. The predicted octanol–water partition coefficient (Wildman–Crippen LogP) is 4.47. The Hall–Kier alpha value is -2.94. The van der Waals surface area contributed by atoms with Gasteiger partial charge < -0.3 is 25.0 Å². The van der Waals surface area contributed by atoms with E-state index in [1.54, 1.807) is 4.90 Å². The lowest BCUT2D eigenvalue weighted by Crippen LogP contribution is -2.39. The first kappa shape index (κ1) is 29.6. The first-order chi connectivity index (χ1) is 19.6. The average molecular weight is 557 g/mol. The third-order valence-electron chi connectivity index (χ3n) is 9.52. The monoisotopic (exact) mass is 556 g/mol. The van der Waals surface area contributed by atoms with Gasteiger partial charge in [-0.05, 0) is 129 Å². The van der Waals surface area contributed by atoms with Crippen LogP contribution in [0.1, 0.15) is 71.4 Å². The molecule has 0 unspecified atom stereocenters. The van der Waals surface area contributed by atoms with Crippen molar-refractivity contribution in [3.05, 3.63) is 63.7 Å². The maximum absolute atomic E-state index is 12.0. The Morgan fingerprint density at radius 2 is 1.41 bits per heavy atom. The molecule has 0 bridgehead atoms. The maximum Gasteiger partial charge on any atom is 0.376 e. The largest absolute Gasteiger partial charge is 0.437 e. The number of anilines is 2. The summed E-state index contributed by atoms with van der Waals surface area (Å²) in [4.78, 5) is 29.5. The van der Waals surface area contributed by atoms with Crippen LogP contribution in [0.3, 0.4) is 0 Å². The van der Waals surface area contributed by atoms with Crippen molar-refractivity contribution in [2.45, 2.75) is 71.5 Å². The van der Waals surface area contributed by atoms with Crippen LogP contribution in [0, 0.1) is 13.8 Å². The van der Waals surface area contributed by atoms with Gasteiger partial charge in [-0.3, -0.25) is 9.59 Å². The lowest BCUT2D eigenvalue weighted by atomic mass is 9.82. The van der Waals surface area contributed by atoms with Gasteiger partial charge in [0.15, 0.2) is 0 Å². The van der Waals surface area contributed by atoms with Gasteiger partial charge in [0.2, 0.25) is 11.8 Å². The Labute approximate surface area is 245 Å². The molecule has 218 valence electrons. The van der Waals surface area contributed by atoms with E-state index >= 15 is 0 Å². The average Bonchev–Trinajstić information content (AvgIpc) is 2.98. The van der Waals surface area contributed by atoms with E-state index in [2.05, 4.69) is 49.5 Å². The second-order valence-corrected chi connectivity index (χ2v) is 12.2. The van der Waals surface area contributed by atoms with Crippen LogP contribution < -0.4 is 15.1 Å². The summed E-state index contributed by atoms with van der Waals surface area (Å²) in [5.74, 6) is 1.09. The molecule has 6 rings (SSSR count). The summed E-state index contributed by atoms with van der Waals surface area (Å²) >= 11 is 0. The summed E-state index contributed by atoms with van der Waals surface area (Å²) in [5, 5.41) is 13.1. The molecule has 4 aliphatic rings. The molecular formula is C33H45BN4O3. The van der Waals surface area contributed by atoms with Gasteiger partial charge in [-0.15, -0.1) is 0 Å². The number of hydrogen-bond donors (Lipinski definition) is 2. The first-order valence-corrected chi connectivity index (χ1v) is 15.3. The Kier molecular flexibility index (Phi) is 9.02. The van der Waals surface area contributed by atoms with Crippen LogP contribution in [0.4, 0.5) is 11.4 Å². The second kappa shape index (κ2) is 12.5. The number of carbonyl (C=O) groups is 2. The van der Waals surface area contributed by atoms with Crippen LogP contribution in [0.15, 0.2) is 30.3 Å². The van der Waals surface area contributed by atoms with E-state index in [-0.39, 0.29) is 11.8 Å². The molecule has 0 radical (unpaired) electrons. The number of piperidine rings is 1. The summed E-state index contributed by atoms with van der Waals surface area (Å²) in [7, 11) is 3.38. The molecule has 1 saturated heterocycles. The van der Waals surface area contributed by atoms with Gasteiger partial charge in [-0.1, -0.05) is 18.2 Å². The van der Waals surface area contributed by atoms with Crippen LogP contribution >= 0.6 is 0 Å². The molecule has 4 aliphatic heterocycles. The number of carbonyl (C=O) groups excluding carboxylic acids is 2. The second-order valence-electron chi connectivity index (χ2n) is 12.2. The van der Waals surface area contributed by atoms with E-state index in [4.69, 9.17) is 0 Å². The fraction of sp³-hybridized carbons (Fsp3) is 0.515. The SMILES string of the molecule is CB(O)N1CC=C(c2cc(C)c3c(c2)N(C)C(=O)CC3)CC1.Cc1cc(C2CCNCC2)cc2c1CCC(=O)N2C. The number of aryl methyl sites for hydroxylation is 2. The minimum absolute atomic E-state index is 0.196. The standard InChI is InChI=1S/C17H23BN2O2.C16H22N2O/c1-12-10-14(13-6-8-20(9-7-13)18(2)22)11-16-15(12)4-5-17(21)19(16)3;1-11-9-13(12-5-7-17-8-6-12)10-15-14(11)3-4-16(19)18(15)2/h6,10-11,22H,4-5,7-9H2,1-3H3;9-10,12,17H,3-8H2,1-2H3. The van der Waals surface area contributed by atoms with Crippen LogP contribution in [0.25, 0.3) is 5.57 Å². The van der Waals surface area contributed by atoms with E-state index < -0.39 is 7.05 Å². The van der Waals surface area contributed by atoms with Gasteiger partial charge in [0.25, 0.3) is 0 Å². The molecule has 2 amide bonds. The quantitative estimate of drug-likeness (QED) is 0.546. The minimum Gasteiger partial charge on any atom is -0.437 e. The molecule has 41 heavy (non-hydrogen) atoms. The third kappa shape index (κ3) is 6.30. The molecule has 0 aliphatic carbocycles. The van der Waals surface area contributed by atoms with Gasteiger partial charge >= 0.3 is 7.05 Å². The normalized spacial score (nSPS) is 19.7. The van der Waals surface area contributed by atoms with Crippen molar-refractivity contribution in [3.8, 4) is 0 Å². The summed E-state index contributed by atoms with van der Waals surface area (Å²) in [6.45, 7) is 9.99. The molecule has 0 atom stereocenters. The number of fused-ring (bicyclic) bond motifs is 2. The molecule has 0 saturated carbocycles. The van der Waals surface area contributed by atoms with Crippen molar-refractivity contribution >= 4 is 35.8 Å². The molecule has 0 aromatic heterocycles. The Balaban J connectivity index is 0.000000166. The lowest BCUT2D eigenvalue weighted by molar-refractivity contribution is -0.119. The fourth-order valence-corrected chi connectivity index (χ4v) is 6.80. The van der Waals surface area contributed by atoms with E-state index in [1.165, 1.54) is 51.8 Å². The van der Waals surface area contributed by atoms with Gasteiger partial charge in [-0.2, -0.15) is 0 Å². The van der Waals surface area contributed by atoms with E-state index in [0.29, 0.717) is 18.8 Å². The summed E-state index contributed by atoms with van der Waals surface area (Å²) < 4.78 is 0. The van der Waals surface area contributed by atoms with Crippen LogP contribution in [-0.2, 0) is 22.4 Å². The molecule has 4 heterocycles. The lowest BCUT2D eigenvalue weighted by Gasteiger charge is -2.30. The topological polar surface area (TPSA) is 76.1 Å². The number of amides is 2. The molecule has 2 aromatic carbocycles. The van der Waals surface area contributed by atoms with Gasteiger partial charge in [-0.25, -0.2) is 0 Å². The fourth-order valence-electron chi connectivity index (χ4n) is 6.80. The van der Waals surface area contributed by atoms with Gasteiger partial charge in [0.05, 0.1) is 0 Å². The van der Waals surface area contributed by atoms with Crippen molar-refractivity contribution in [1.82, 2.24) is 10.1 Å². The highest BCUT2D eigenvalue weighted by Gasteiger charge is 2.26. The van der Waals surface area contributed by atoms with Crippen molar-refractivity contribution in [3.63, 3.8) is 0 Å². The third-order valence-corrected chi connectivity index (χ3v) is 9.52. The minimum atomic E-state index is -0.396. The zero-order valence-electron chi connectivity index (χ0n) is 25.4. The summed E-state index contributed by atoms with van der Waals surface area (Å²) in [5.41, 5.74) is 11.4. The predicted molar refractivity (Wildman–Crippen MR) is 169 cm³/mol. The molecule has 1 fully saturated rings. The molecule has 8 heteroatoms. The Bertz CT molecular complexity index is 1350. The van der Waals surface area contributed by atoms with Crippen LogP contribution in [-0.4, -0.2) is 69.0 Å². The number of hydrogen-bond acceptors (Lipinski definition) is 5. The highest BCUT2D eigenvalue weighted by molar-refractivity contribution is 6.45. The number of nitrogens with zero attached hydrogens (tertiary/aromatic N) is 3. The molecular weight excluding hydrogens is 511 g/mol. The molecule has 7 nitrogen and oxygen atoms in total. The van der Waals surface area contributed by atoms with Gasteiger partial charge in [0, 0.05) is 44.9 Å². The number of nitrogens with one attached hydrogen (secondary N) is 1. The number of benzene rings is 2. The molecule has 0 spiro atoms. The van der Waals surface area contributed by atoms with E-state index in [9.17, 15) is 14.6 Å². The van der Waals surface area contributed by atoms with Gasteiger partial charge in [0.1, 0.15) is 0 Å². The van der Waals surface area contributed by atoms with Crippen molar-refractivity contribution in [1.29, 1.82) is 0 Å². The van der Waals surface area contributed by atoms with E-state index in [0.717, 1.165) is 56.8 Å². The summed E-state index contributed by atoms with van der Waals surface area (Å²) in [6.07, 6.45) is 8.54. The van der Waals surface area contributed by atoms with Crippen molar-refractivity contribution < 1.29 is 14.6 Å². The van der Waals surface area contributed by atoms with Crippen molar-refractivity contribution in [2.75, 3.05) is 50.1 Å². The van der Waals surface area contributed by atoms with E-state index in [1.807, 2.05) is 30.6 Å². The Morgan fingerprint density at radius 3 is 1.98 bits per heavy atom. The van der Waals surface area contributed by atoms with Crippen LogP contribution in [0.5, 0.6) is 0 Å². The zero-order valence-corrected chi connectivity index (χ0v) is 25.4.